The molecule has 3 N–H and O–H groups in total. The quantitative estimate of drug-likeness (QED) is 0.886. The highest BCUT2D eigenvalue weighted by atomic mass is 35.5. The fourth-order valence-corrected chi connectivity index (χ4v) is 1.79. The van der Waals surface area contributed by atoms with Gasteiger partial charge < -0.3 is 11.1 Å². The van der Waals surface area contributed by atoms with Crippen molar-refractivity contribution in [1.82, 2.24) is 5.32 Å². The van der Waals surface area contributed by atoms with Crippen LogP contribution in [0.25, 0.3) is 0 Å². The minimum atomic E-state index is -0.914. The number of benzene rings is 1. The van der Waals surface area contributed by atoms with Gasteiger partial charge in [-0.05, 0) is 37.0 Å². The summed E-state index contributed by atoms with van der Waals surface area (Å²) < 4.78 is 25.6. The van der Waals surface area contributed by atoms with Crippen molar-refractivity contribution in [3.63, 3.8) is 0 Å². The molecule has 1 fully saturated rings. The van der Waals surface area contributed by atoms with Crippen LogP contribution in [0, 0.1) is 11.6 Å². The lowest BCUT2D eigenvalue weighted by Gasteiger charge is -2.36. The monoisotopic (exact) mass is 276 g/mol. The number of rotatable bonds is 3. The van der Waals surface area contributed by atoms with Gasteiger partial charge in [-0.2, -0.15) is 0 Å². The number of amides is 1. The summed E-state index contributed by atoms with van der Waals surface area (Å²) in [7, 11) is 0. The summed E-state index contributed by atoms with van der Waals surface area (Å²) in [6, 6.07) is 3.54. The van der Waals surface area contributed by atoms with Crippen LogP contribution in [0.2, 0.25) is 0 Å². The van der Waals surface area contributed by atoms with Crippen LogP contribution in [0.1, 0.15) is 24.8 Å². The summed E-state index contributed by atoms with van der Waals surface area (Å²) in [6.45, 7) is 0.162. The van der Waals surface area contributed by atoms with Crippen LogP contribution in [0.4, 0.5) is 8.78 Å². The number of halogens is 3. The van der Waals surface area contributed by atoms with Crippen LogP contribution >= 0.6 is 12.4 Å². The molecule has 0 saturated heterocycles. The molecule has 18 heavy (non-hydrogen) atoms. The van der Waals surface area contributed by atoms with Crippen LogP contribution in [-0.2, 0) is 11.3 Å². The van der Waals surface area contributed by atoms with Crippen molar-refractivity contribution in [3.05, 3.63) is 35.4 Å². The number of hydrogen-bond acceptors (Lipinski definition) is 2. The zero-order valence-corrected chi connectivity index (χ0v) is 10.5. The molecule has 3 nitrogen and oxygen atoms in total. The topological polar surface area (TPSA) is 55.1 Å². The van der Waals surface area contributed by atoms with Crippen LogP contribution in [0.5, 0.6) is 0 Å². The number of hydrogen-bond donors (Lipinski definition) is 2. The predicted octanol–water partition coefficient (Wildman–Crippen LogP) is 1.88. The molecule has 0 aromatic heterocycles. The molecule has 0 atom stereocenters. The zero-order chi connectivity index (χ0) is 12.5. The number of carbonyl (C=O) groups excluding carboxylic acids is 1. The summed E-state index contributed by atoms with van der Waals surface area (Å²) in [5.41, 5.74) is 5.57. The predicted molar refractivity (Wildman–Crippen MR) is 66.2 cm³/mol. The maximum atomic E-state index is 12.9. The molecule has 0 spiro atoms. The summed E-state index contributed by atoms with van der Waals surface area (Å²) in [4.78, 5) is 11.7. The van der Waals surface area contributed by atoms with Crippen molar-refractivity contribution in [2.24, 2.45) is 5.73 Å². The first-order valence-electron chi connectivity index (χ1n) is 5.52. The standard InChI is InChI=1S/C12H14F2N2O.ClH/c13-9-3-2-8(6-10(9)14)7-16-11(17)12(15)4-1-5-12;/h2-3,6H,1,4-5,7,15H2,(H,16,17);1H. The van der Waals surface area contributed by atoms with Crippen molar-refractivity contribution in [3.8, 4) is 0 Å². The average molecular weight is 277 g/mol. The summed E-state index contributed by atoms with van der Waals surface area (Å²) in [5, 5.41) is 2.64. The van der Waals surface area contributed by atoms with E-state index in [0.29, 0.717) is 18.4 Å². The molecule has 1 aromatic carbocycles. The Morgan fingerprint density at radius 3 is 2.50 bits per heavy atom. The second-order valence-corrected chi connectivity index (χ2v) is 4.44. The zero-order valence-electron chi connectivity index (χ0n) is 9.71. The van der Waals surface area contributed by atoms with Gasteiger partial charge in [0.1, 0.15) is 0 Å². The van der Waals surface area contributed by atoms with Gasteiger partial charge in [-0.25, -0.2) is 8.78 Å². The maximum Gasteiger partial charge on any atom is 0.240 e. The Bertz CT molecular complexity index is 450. The third-order valence-electron chi connectivity index (χ3n) is 3.14. The molecular formula is C12H15ClF2N2O. The molecule has 0 bridgehead atoms. The maximum absolute atomic E-state index is 12.9. The molecule has 0 aliphatic heterocycles. The molecule has 0 heterocycles. The van der Waals surface area contributed by atoms with E-state index in [9.17, 15) is 13.6 Å². The first-order valence-corrected chi connectivity index (χ1v) is 5.52. The van der Waals surface area contributed by atoms with Crippen molar-refractivity contribution in [2.45, 2.75) is 31.3 Å². The second-order valence-electron chi connectivity index (χ2n) is 4.44. The molecule has 1 aliphatic rings. The molecule has 0 radical (unpaired) electrons. The highest BCUT2D eigenvalue weighted by Gasteiger charge is 2.39. The number of carbonyl (C=O) groups is 1. The van der Waals surface area contributed by atoms with Gasteiger partial charge in [-0.1, -0.05) is 6.07 Å². The molecule has 0 unspecified atom stereocenters. The largest absolute Gasteiger partial charge is 0.350 e. The number of nitrogens with one attached hydrogen (secondary N) is 1. The average Bonchev–Trinajstić information content (AvgIpc) is 2.27. The first kappa shape index (κ1) is 14.9. The van der Waals surface area contributed by atoms with Crippen LogP contribution in [-0.4, -0.2) is 11.4 Å². The summed E-state index contributed by atoms with van der Waals surface area (Å²) in [6.07, 6.45) is 2.31. The fourth-order valence-electron chi connectivity index (χ4n) is 1.79. The molecule has 6 heteroatoms. The molecule has 1 amide bonds. The molecule has 1 saturated carbocycles. The van der Waals surface area contributed by atoms with Crippen LogP contribution < -0.4 is 11.1 Å². The van der Waals surface area contributed by atoms with Gasteiger partial charge in [0.15, 0.2) is 11.6 Å². The Morgan fingerprint density at radius 1 is 1.33 bits per heavy atom. The Hall–Kier alpha value is -1.20. The minimum absolute atomic E-state index is 0. The number of nitrogens with two attached hydrogens (primary N) is 1. The Kier molecular flexibility index (Phi) is 4.65. The van der Waals surface area contributed by atoms with Crippen molar-refractivity contribution < 1.29 is 13.6 Å². The summed E-state index contributed by atoms with van der Waals surface area (Å²) in [5.74, 6) is -2.04. The van der Waals surface area contributed by atoms with Gasteiger partial charge in [0, 0.05) is 6.54 Å². The van der Waals surface area contributed by atoms with Gasteiger partial charge in [0.05, 0.1) is 5.54 Å². The second kappa shape index (κ2) is 5.63. The van der Waals surface area contributed by atoms with Gasteiger partial charge in [-0.15, -0.1) is 12.4 Å². The van der Waals surface area contributed by atoms with Crippen molar-refractivity contribution in [1.29, 1.82) is 0 Å². The lowest BCUT2D eigenvalue weighted by atomic mass is 9.77. The lowest BCUT2D eigenvalue weighted by Crippen LogP contribution is -2.58. The van der Waals surface area contributed by atoms with E-state index >= 15 is 0 Å². The van der Waals surface area contributed by atoms with Gasteiger partial charge >= 0.3 is 0 Å². The highest BCUT2D eigenvalue weighted by molar-refractivity contribution is 5.86. The smallest absolute Gasteiger partial charge is 0.240 e. The van der Waals surface area contributed by atoms with E-state index in [1.54, 1.807) is 0 Å². The van der Waals surface area contributed by atoms with E-state index in [1.165, 1.54) is 6.07 Å². The van der Waals surface area contributed by atoms with E-state index < -0.39 is 17.2 Å². The van der Waals surface area contributed by atoms with Crippen LogP contribution in [0.15, 0.2) is 18.2 Å². The van der Waals surface area contributed by atoms with Crippen LogP contribution in [0.3, 0.4) is 0 Å². The molecular weight excluding hydrogens is 262 g/mol. The van der Waals surface area contributed by atoms with E-state index in [-0.39, 0.29) is 24.9 Å². The third kappa shape index (κ3) is 2.97. The van der Waals surface area contributed by atoms with E-state index in [2.05, 4.69) is 5.32 Å². The van der Waals surface area contributed by atoms with Crippen molar-refractivity contribution in [2.75, 3.05) is 0 Å². The molecule has 1 aliphatic carbocycles. The van der Waals surface area contributed by atoms with E-state index in [0.717, 1.165) is 18.6 Å². The van der Waals surface area contributed by atoms with Gasteiger partial charge in [-0.3, -0.25) is 4.79 Å². The Morgan fingerprint density at radius 2 is 2.00 bits per heavy atom. The molecule has 100 valence electrons. The highest BCUT2D eigenvalue weighted by Crippen LogP contribution is 2.29. The fraction of sp³-hybridized carbons (Fsp3) is 0.417. The van der Waals surface area contributed by atoms with Gasteiger partial charge in [0.2, 0.25) is 5.91 Å². The minimum Gasteiger partial charge on any atom is -0.350 e. The first-order chi connectivity index (χ1) is 8.01. The Labute approximate surface area is 110 Å². The SMILES string of the molecule is Cl.NC1(C(=O)NCc2ccc(F)c(F)c2)CCC1. The summed E-state index contributed by atoms with van der Waals surface area (Å²) >= 11 is 0. The lowest BCUT2D eigenvalue weighted by molar-refractivity contribution is -0.129. The Balaban J connectivity index is 0.00000162. The normalized spacial score (nSPS) is 16.4. The van der Waals surface area contributed by atoms with E-state index in [1.807, 2.05) is 0 Å². The molecule has 1 aromatic rings. The van der Waals surface area contributed by atoms with Gasteiger partial charge in [0.25, 0.3) is 0 Å². The van der Waals surface area contributed by atoms with E-state index in [4.69, 9.17) is 5.73 Å². The molecule has 2 rings (SSSR count). The van der Waals surface area contributed by atoms with Crippen molar-refractivity contribution >= 4 is 18.3 Å². The third-order valence-corrected chi connectivity index (χ3v) is 3.14.